The fourth-order valence-corrected chi connectivity index (χ4v) is 10.6. The standard InChI is InChI=1S/C49H63N4O8PSi/c1-34(2)53(35(3)4)62(57-9)60-43-41(33-58-49(37-23-17-13-18-24-37,38-25-19-14-20-26-38)39-27-29-40(56-8)30-28-39)59-46(44(43)61-63(10,11)48(5,6)7)52-32-31-42(51-47(52)55)50-45(54)36-21-15-12-16-22-36/h12-32,34-35,41,43-44,46H,33H2,1-11H3,(H,50,51,54,55)/t41-,43-,44-,46-,62?/m1/s1. The Morgan fingerprint density at radius 3 is 1.84 bits per heavy atom. The van der Waals surface area contributed by atoms with Gasteiger partial charge in [0.25, 0.3) is 14.4 Å². The Labute approximate surface area is 375 Å². The van der Waals surface area contributed by atoms with E-state index in [4.69, 9.17) is 27.7 Å². The molecule has 1 amide bonds. The molecule has 1 aliphatic rings. The normalized spacial score (nSPS) is 18.8. The summed E-state index contributed by atoms with van der Waals surface area (Å²) in [7, 11) is -0.989. The molecule has 0 saturated carbocycles. The van der Waals surface area contributed by atoms with Crippen LogP contribution >= 0.6 is 8.53 Å². The monoisotopic (exact) mass is 894 g/mol. The van der Waals surface area contributed by atoms with Gasteiger partial charge in [-0.15, -0.1) is 0 Å². The molecule has 6 rings (SSSR count). The van der Waals surface area contributed by atoms with E-state index in [1.54, 1.807) is 50.7 Å². The fourth-order valence-electron chi connectivity index (χ4n) is 7.69. The van der Waals surface area contributed by atoms with Crippen LogP contribution in [0.5, 0.6) is 5.75 Å². The van der Waals surface area contributed by atoms with Gasteiger partial charge >= 0.3 is 5.69 Å². The van der Waals surface area contributed by atoms with E-state index in [2.05, 4.69) is 101 Å². The molecule has 5 aromatic rings. The van der Waals surface area contributed by atoms with Crippen molar-refractivity contribution in [1.29, 1.82) is 0 Å². The number of benzene rings is 4. The van der Waals surface area contributed by atoms with Gasteiger partial charge in [0.2, 0.25) is 0 Å². The second kappa shape index (κ2) is 20.5. The predicted octanol–water partition coefficient (Wildman–Crippen LogP) is 10.2. The van der Waals surface area contributed by atoms with Crippen LogP contribution in [0, 0.1) is 0 Å². The first-order valence-corrected chi connectivity index (χ1v) is 25.5. The summed E-state index contributed by atoms with van der Waals surface area (Å²) >= 11 is 0. The van der Waals surface area contributed by atoms with E-state index < -0.39 is 52.7 Å². The van der Waals surface area contributed by atoms with Crippen molar-refractivity contribution in [3.8, 4) is 5.75 Å². The van der Waals surface area contributed by atoms with E-state index >= 15 is 0 Å². The Bertz CT molecular complexity index is 2240. The summed E-state index contributed by atoms with van der Waals surface area (Å²) in [6.07, 6.45) is -1.80. The number of anilines is 1. The molecule has 1 N–H and O–H groups in total. The van der Waals surface area contributed by atoms with Crippen LogP contribution in [0.3, 0.4) is 0 Å². The molecule has 1 aliphatic heterocycles. The third-order valence-electron chi connectivity index (χ3n) is 11.8. The predicted molar refractivity (Wildman–Crippen MR) is 251 cm³/mol. The maximum atomic E-state index is 14.2. The molecule has 1 saturated heterocycles. The maximum absolute atomic E-state index is 14.2. The molecule has 1 unspecified atom stereocenters. The van der Waals surface area contributed by atoms with E-state index in [0.717, 1.165) is 16.7 Å². The highest BCUT2D eigenvalue weighted by molar-refractivity contribution is 7.44. The molecule has 14 heteroatoms. The van der Waals surface area contributed by atoms with Crippen LogP contribution < -0.4 is 15.7 Å². The molecule has 5 atom stereocenters. The number of hydrogen-bond acceptors (Lipinski definition) is 10. The fraction of sp³-hybridized carbons (Fsp3) is 0.408. The third kappa shape index (κ3) is 10.7. The minimum atomic E-state index is -2.61. The van der Waals surface area contributed by atoms with Gasteiger partial charge in [-0.05, 0) is 92.8 Å². The summed E-state index contributed by atoms with van der Waals surface area (Å²) in [5.41, 5.74) is 1.37. The maximum Gasteiger partial charge on any atom is 0.351 e. The Morgan fingerprint density at radius 2 is 1.35 bits per heavy atom. The smallest absolute Gasteiger partial charge is 0.351 e. The number of rotatable bonds is 18. The van der Waals surface area contributed by atoms with Crippen molar-refractivity contribution in [2.75, 3.05) is 26.1 Å². The van der Waals surface area contributed by atoms with E-state index in [1.165, 1.54) is 4.57 Å². The lowest BCUT2D eigenvalue weighted by Gasteiger charge is -2.42. The lowest BCUT2D eigenvalue weighted by atomic mass is 9.80. The SMILES string of the molecule is COc1ccc(C(OC[C@H]2O[C@@H](n3ccc(NC(=O)c4ccccc4)nc3=O)[C@H](O[Si](C)(C)C(C)(C)C)[C@@H]2OP(OC)N(C(C)C)C(C)C)(c2ccccc2)c2ccccc2)cc1. The molecule has 0 bridgehead atoms. The van der Waals surface area contributed by atoms with Crippen LogP contribution in [0.4, 0.5) is 5.82 Å². The summed E-state index contributed by atoms with van der Waals surface area (Å²) in [5.74, 6) is 0.444. The lowest BCUT2D eigenvalue weighted by Crippen LogP contribution is -2.50. The van der Waals surface area contributed by atoms with Crippen LogP contribution in [0.2, 0.25) is 18.1 Å². The zero-order chi connectivity index (χ0) is 45.5. The second-order valence-corrected chi connectivity index (χ2v) is 24.0. The molecule has 1 aromatic heterocycles. The van der Waals surface area contributed by atoms with Crippen molar-refractivity contribution in [3.63, 3.8) is 0 Å². The first kappa shape index (κ1) is 47.9. The Kier molecular flexibility index (Phi) is 15.6. The van der Waals surface area contributed by atoms with E-state index in [-0.39, 0.29) is 35.5 Å². The summed E-state index contributed by atoms with van der Waals surface area (Å²) in [5, 5.41) is 2.54. The van der Waals surface area contributed by atoms with Gasteiger partial charge in [-0.1, -0.05) is 112 Å². The number of nitrogens with one attached hydrogen (secondary N) is 1. The van der Waals surface area contributed by atoms with Crippen molar-refractivity contribution in [2.45, 2.75) is 109 Å². The van der Waals surface area contributed by atoms with E-state index in [9.17, 15) is 9.59 Å². The summed E-state index contributed by atoms with van der Waals surface area (Å²) in [6, 6.07) is 38.6. The van der Waals surface area contributed by atoms with Gasteiger partial charge in [0, 0.05) is 31.0 Å². The van der Waals surface area contributed by atoms with Gasteiger partial charge in [0.05, 0.1) is 13.7 Å². The largest absolute Gasteiger partial charge is 0.497 e. The molecule has 4 aromatic carbocycles. The number of carbonyl (C=O) groups is 1. The molecule has 0 aliphatic carbocycles. The molecule has 1 fully saturated rings. The lowest BCUT2D eigenvalue weighted by molar-refractivity contribution is -0.0942. The molecule has 0 spiro atoms. The average Bonchev–Trinajstić information content (AvgIpc) is 3.59. The zero-order valence-electron chi connectivity index (χ0n) is 38.4. The van der Waals surface area contributed by atoms with E-state index in [0.29, 0.717) is 11.3 Å². The van der Waals surface area contributed by atoms with Crippen LogP contribution in [0.25, 0.3) is 0 Å². The second-order valence-electron chi connectivity index (χ2n) is 17.7. The average molecular weight is 895 g/mol. The molecular formula is C49H63N4O8PSi. The molecule has 2 heterocycles. The minimum absolute atomic E-state index is 0.0119. The van der Waals surface area contributed by atoms with Crippen LogP contribution in [0.1, 0.15) is 81.7 Å². The van der Waals surface area contributed by atoms with Crippen molar-refractivity contribution >= 4 is 28.6 Å². The molecule has 0 radical (unpaired) electrons. The summed E-state index contributed by atoms with van der Waals surface area (Å²) in [6.45, 7) is 19.3. The summed E-state index contributed by atoms with van der Waals surface area (Å²) < 4.78 is 44.5. The number of hydrogen-bond donors (Lipinski definition) is 1. The molecule has 12 nitrogen and oxygen atoms in total. The Hall–Kier alpha value is -4.56. The van der Waals surface area contributed by atoms with Crippen molar-refractivity contribution in [2.24, 2.45) is 0 Å². The van der Waals surface area contributed by atoms with Crippen molar-refractivity contribution < 1.29 is 32.5 Å². The number of nitrogens with zero attached hydrogens (tertiary/aromatic N) is 3. The Balaban J connectivity index is 1.49. The number of amides is 1. The van der Waals surface area contributed by atoms with Gasteiger partial charge in [0.15, 0.2) is 14.5 Å². The van der Waals surface area contributed by atoms with Gasteiger partial charge in [-0.25, -0.2) is 9.46 Å². The van der Waals surface area contributed by atoms with Crippen molar-refractivity contribution in [3.05, 3.63) is 160 Å². The quantitative estimate of drug-likeness (QED) is 0.0517. The Morgan fingerprint density at radius 1 is 0.810 bits per heavy atom. The van der Waals surface area contributed by atoms with Crippen LogP contribution in [-0.2, 0) is 28.5 Å². The number of carbonyl (C=O) groups excluding carboxylic acids is 1. The van der Waals surface area contributed by atoms with Gasteiger partial charge in [0.1, 0.15) is 35.5 Å². The summed E-state index contributed by atoms with van der Waals surface area (Å²) in [4.78, 5) is 31.6. The third-order valence-corrected chi connectivity index (χ3v) is 18.4. The van der Waals surface area contributed by atoms with Gasteiger partial charge in [-0.3, -0.25) is 9.36 Å². The zero-order valence-corrected chi connectivity index (χ0v) is 40.2. The van der Waals surface area contributed by atoms with Gasteiger partial charge in [-0.2, -0.15) is 4.98 Å². The topological polar surface area (TPSA) is 123 Å². The van der Waals surface area contributed by atoms with E-state index in [1.807, 2.05) is 66.7 Å². The number of methoxy groups -OCH3 is 1. The molecule has 336 valence electrons. The number of ether oxygens (including phenoxy) is 3. The number of aromatic nitrogens is 2. The molecular weight excluding hydrogens is 832 g/mol. The highest BCUT2D eigenvalue weighted by Gasteiger charge is 2.54. The molecule has 63 heavy (non-hydrogen) atoms. The first-order valence-electron chi connectivity index (χ1n) is 21.5. The van der Waals surface area contributed by atoms with Gasteiger partial charge < -0.3 is 33.0 Å². The highest BCUT2D eigenvalue weighted by atomic mass is 31.2. The minimum Gasteiger partial charge on any atom is -0.497 e. The van der Waals surface area contributed by atoms with Crippen molar-refractivity contribution in [1.82, 2.24) is 14.2 Å². The first-order chi connectivity index (χ1) is 30.0. The highest BCUT2D eigenvalue weighted by Crippen LogP contribution is 2.52. The van der Waals surface area contributed by atoms with Crippen LogP contribution in [0.15, 0.2) is 132 Å². The van der Waals surface area contributed by atoms with Crippen LogP contribution in [-0.4, -0.2) is 79.7 Å².